The van der Waals surface area contributed by atoms with Crippen molar-refractivity contribution in [1.82, 2.24) is 9.55 Å². The maximum Gasteiger partial charge on any atom is 0.0945 e. The zero-order valence-corrected chi connectivity index (χ0v) is 18.5. The second-order valence-electron chi connectivity index (χ2n) is 8.81. The molecule has 0 radical (unpaired) electrons. The Morgan fingerprint density at radius 1 is 0.897 bits per heavy atom. The summed E-state index contributed by atoms with van der Waals surface area (Å²) >= 11 is 6.10. The number of nitrogens with zero attached hydrogens (tertiary/aromatic N) is 2. The van der Waals surface area contributed by atoms with Crippen LogP contribution in [-0.4, -0.2) is 9.55 Å². The third kappa shape index (κ3) is 3.70. The molecule has 0 spiro atoms. The van der Waals surface area contributed by atoms with Crippen LogP contribution in [0.4, 0.5) is 0 Å². The third-order valence-electron chi connectivity index (χ3n) is 5.82. The van der Waals surface area contributed by atoms with Crippen LogP contribution in [0.2, 0.25) is 5.02 Å². The Bertz CT molecular complexity index is 1160. The van der Waals surface area contributed by atoms with E-state index in [1.54, 1.807) is 0 Å². The highest BCUT2D eigenvalue weighted by Gasteiger charge is 2.17. The Balaban J connectivity index is 1.84. The molecule has 2 aromatic heterocycles. The molecule has 2 aromatic carbocycles. The van der Waals surface area contributed by atoms with E-state index in [4.69, 9.17) is 16.6 Å². The number of fused-ring (bicyclic) bond motifs is 1. The van der Waals surface area contributed by atoms with Crippen LogP contribution in [-0.2, 0) is 12.0 Å². The van der Waals surface area contributed by atoms with Crippen molar-refractivity contribution in [2.75, 3.05) is 0 Å². The largest absolute Gasteiger partial charge is 0.338 e. The molecule has 0 aliphatic carbocycles. The second kappa shape index (κ2) is 7.35. The van der Waals surface area contributed by atoms with Crippen molar-refractivity contribution < 1.29 is 0 Å². The first-order chi connectivity index (χ1) is 13.8. The van der Waals surface area contributed by atoms with E-state index in [1.165, 1.54) is 33.3 Å². The molecule has 29 heavy (non-hydrogen) atoms. The Morgan fingerprint density at radius 2 is 1.55 bits per heavy atom. The van der Waals surface area contributed by atoms with Gasteiger partial charge in [0.2, 0.25) is 0 Å². The summed E-state index contributed by atoms with van der Waals surface area (Å²) < 4.78 is 2.40. The summed E-state index contributed by atoms with van der Waals surface area (Å²) in [6.07, 6.45) is 1.90. The Kier molecular flexibility index (Phi) is 5.00. The molecule has 0 fully saturated rings. The van der Waals surface area contributed by atoms with Gasteiger partial charge in [-0.2, -0.15) is 0 Å². The van der Waals surface area contributed by atoms with Crippen molar-refractivity contribution in [3.63, 3.8) is 0 Å². The van der Waals surface area contributed by atoms with Crippen LogP contribution >= 0.6 is 11.6 Å². The van der Waals surface area contributed by atoms with E-state index in [9.17, 15) is 0 Å². The molecule has 4 aromatic rings. The van der Waals surface area contributed by atoms with Crippen LogP contribution in [0.1, 0.15) is 43.2 Å². The molecule has 3 heteroatoms. The van der Waals surface area contributed by atoms with Gasteiger partial charge in [-0.1, -0.05) is 68.8 Å². The van der Waals surface area contributed by atoms with Gasteiger partial charge in [0.15, 0.2) is 0 Å². The summed E-state index contributed by atoms with van der Waals surface area (Å²) in [5, 5.41) is 2.00. The summed E-state index contributed by atoms with van der Waals surface area (Å²) in [5.41, 5.74) is 8.68. The predicted octanol–water partition coefficient (Wildman–Crippen LogP) is 7.32. The van der Waals surface area contributed by atoms with Gasteiger partial charge in [-0.3, -0.25) is 4.98 Å². The smallest absolute Gasteiger partial charge is 0.0945 e. The minimum Gasteiger partial charge on any atom is -0.338 e. The first kappa shape index (κ1) is 19.7. The monoisotopic (exact) mass is 402 g/mol. The van der Waals surface area contributed by atoms with Crippen molar-refractivity contribution in [2.45, 2.75) is 46.6 Å². The van der Waals surface area contributed by atoms with Gasteiger partial charge in [-0.25, -0.2) is 0 Å². The molecular weight excluding hydrogens is 376 g/mol. The average Bonchev–Trinajstić information content (AvgIpc) is 2.93. The maximum absolute atomic E-state index is 6.10. The fourth-order valence-corrected chi connectivity index (χ4v) is 4.03. The minimum absolute atomic E-state index is 0.164. The Hall–Kier alpha value is -2.58. The molecular formula is C26H27ClN2. The van der Waals surface area contributed by atoms with Gasteiger partial charge in [0.1, 0.15) is 0 Å². The molecule has 0 bridgehead atoms. The van der Waals surface area contributed by atoms with Crippen molar-refractivity contribution >= 4 is 22.5 Å². The van der Waals surface area contributed by atoms with Gasteiger partial charge >= 0.3 is 0 Å². The summed E-state index contributed by atoms with van der Waals surface area (Å²) in [4.78, 5) is 4.75. The quantitative estimate of drug-likeness (QED) is 0.351. The highest BCUT2D eigenvalue weighted by Crippen LogP contribution is 2.33. The van der Waals surface area contributed by atoms with E-state index in [1.807, 2.05) is 30.5 Å². The maximum atomic E-state index is 6.10. The number of hydrogen-bond donors (Lipinski definition) is 0. The lowest BCUT2D eigenvalue weighted by atomic mass is 9.87. The second-order valence-corrected chi connectivity index (χ2v) is 9.24. The standard InChI is InChI=1S/C26H27ClN2/c1-17-18(2)29(16-19-6-10-21(11-7-19)26(3,4)5)25-23(17)14-15-28-24(25)20-8-12-22(27)13-9-20/h6-15H,16H2,1-5H3. The van der Waals surface area contributed by atoms with Crippen LogP contribution < -0.4 is 0 Å². The minimum atomic E-state index is 0.164. The molecule has 0 saturated carbocycles. The molecule has 0 aliphatic heterocycles. The van der Waals surface area contributed by atoms with E-state index in [2.05, 4.69) is 69.5 Å². The van der Waals surface area contributed by atoms with Gasteiger partial charge in [-0.05, 0) is 54.2 Å². The third-order valence-corrected chi connectivity index (χ3v) is 6.08. The molecule has 2 heterocycles. The SMILES string of the molecule is Cc1c(C)n(Cc2ccc(C(C)(C)C)cc2)c2c(-c3ccc(Cl)cc3)nccc12. The average molecular weight is 403 g/mol. The number of benzene rings is 2. The van der Waals surface area contributed by atoms with Crippen LogP contribution in [0.15, 0.2) is 60.8 Å². The summed E-state index contributed by atoms with van der Waals surface area (Å²) in [7, 11) is 0. The van der Waals surface area contributed by atoms with Crippen molar-refractivity contribution in [3.8, 4) is 11.3 Å². The van der Waals surface area contributed by atoms with Crippen LogP contribution in [0.25, 0.3) is 22.2 Å². The van der Waals surface area contributed by atoms with Crippen LogP contribution in [0.3, 0.4) is 0 Å². The Morgan fingerprint density at radius 3 is 2.17 bits per heavy atom. The molecule has 4 rings (SSSR count). The molecule has 2 nitrogen and oxygen atoms in total. The normalized spacial score (nSPS) is 11.9. The Labute approximate surface area is 178 Å². The number of aromatic nitrogens is 2. The topological polar surface area (TPSA) is 17.8 Å². The lowest BCUT2D eigenvalue weighted by molar-refractivity contribution is 0.590. The first-order valence-electron chi connectivity index (χ1n) is 10.1. The van der Waals surface area contributed by atoms with Crippen LogP contribution in [0.5, 0.6) is 0 Å². The van der Waals surface area contributed by atoms with E-state index < -0.39 is 0 Å². The molecule has 0 N–H and O–H groups in total. The molecule has 0 aliphatic rings. The summed E-state index contributed by atoms with van der Waals surface area (Å²) in [6.45, 7) is 12.0. The zero-order chi connectivity index (χ0) is 20.8. The fourth-order valence-electron chi connectivity index (χ4n) is 3.90. The summed E-state index contributed by atoms with van der Waals surface area (Å²) in [5.74, 6) is 0. The van der Waals surface area contributed by atoms with Gasteiger partial charge in [0, 0.05) is 34.4 Å². The number of rotatable bonds is 3. The van der Waals surface area contributed by atoms with Crippen LogP contribution in [0, 0.1) is 13.8 Å². The van der Waals surface area contributed by atoms with E-state index in [0.29, 0.717) is 0 Å². The van der Waals surface area contributed by atoms with Crippen molar-refractivity contribution in [1.29, 1.82) is 0 Å². The van der Waals surface area contributed by atoms with Gasteiger partial charge in [-0.15, -0.1) is 0 Å². The van der Waals surface area contributed by atoms with Gasteiger partial charge < -0.3 is 4.57 Å². The van der Waals surface area contributed by atoms with Gasteiger partial charge in [0.05, 0.1) is 11.2 Å². The number of halogens is 1. The van der Waals surface area contributed by atoms with E-state index in [-0.39, 0.29) is 5.41 Å². The fraction of sp³-hybridized carbons (Fsp3) is 0.269. The molecule has 0 atom stereocenters. The van der Waals surface area contributed by atoms with E-state index in [0.717, 1.165) is 22.8 Å². The highest BCUT2D eigenvalue weighted by molar-refractivity contribution is 6.30. The lowest BCUT2D eigenvalue weighted by Crippen LogP contribution is -2.11. The molecule has 0 amide bonds. The highest BCUT2D eigenvalue weighted by atomic mass is 35.5. The van der Waals surface area contributed by atoms with Crippen molar-refractivity contribution in [3.05, 3.63) is 88.2 Å². The van der Waals surface area contributed by atoms with Gasteiger partial charge in [0.25, 0.3) is 0 Å². The molecule has 148 valence electrons. The molecule has 0 saturated heterocycles. The number of pyridine rings is 1. The summed E-state index contributed by atoms with van der Waals surface area (Å²) in [6, 6.07) is 19.1. The number of aryl methyl sites for hydroxylation is 1. The first-order valence-corrected chi connectivity index (χ1v) is 10.4. The molecule has 0 unspecified atom stereocenters. The predicted molar refractivity (Wildman–Crippen MR) is 124 cm³/mol. The zero-order valence-electron chi connectivity index (χ0n) is 17.8. The van der Waals surface area contributed by atoms with Crippen molar-refractivity contribution in [2.24, 2.45) is 0 Å². The number of hydrogen-bond acceptors (Lipinski definition) is 1. The van der Waals surface area contributed by atoms with E-state index >= 15 is 0 Å². The lowest BCUT2D eigenvalue weighted by Gasteiger charge is -2.19.